The first kappa shape index (κ1) is 14.2. The first-order valence-corrected chi connectivity index (χ1v) is 4.33. The van der Waals surface area contributed by atoms with Crippen LogP contribution in [0.4, 0.5) is 17.6 Å². The number of carbonyl (C=O) groups is 1. The van der Waals surface area contributed by atoms with Crippen LogP contribution in [-0.2, 0) is 4.79 Å². The van der Waals surface area contributed by atoms with E-state index in [4.69, 9.17) is 5.11 Å². The molecule has 0 atom stereocenters. The monoisotopic (exact) mass is 231 g/mol. The smallest absolute Gasteiger partial charge is 0.383 e. The van der Waals surface area contributed by atoms with Crippen LogP contribution in [0.25, 0.3) is 0 Å². The second-order valence-corrected chi connectivity index (χ2v) is 3.24. The maximum Gasteiger partial charge on any atom is 0.383 e. The summed E-state index contributed by atoms with van der Waals surface area (Å²) >= 11 is 0. The number of hydrogen-bond acceptors (Lipinski definition) is 2. The Morgan fingerprint density at radius 1 is 1.40 bits per heavy atom. The predicted octanol–water partition coefficient (Wildman–Crippen LogP) is 1.12. The lowest BCUT2D eigenvalue weighted by Crippen LogP contribution is -2.51. The van der Waals surface area contributed by atoms with E-state index in [9.17, 15) is 22.4 Å². The van der Waals surface area contributed by atoms with Gasteiger partial charge in [0.2, 0.25) is 0 Å². The van der Waals surface area contributed by atoms with Crippen molar-refractivity contribution in [1.82, 2.24) is 4.90 Å². The number of hydrogen-bond donors (Lipinski definition) is 1. The van der Waals surface area contributed by atoms with E-state index in [1.165, 1.54) is 13.8 Å². The summed E-state index contributed by atoms with van der Waals surface area (Å²) in [4.78, 5) is 11.5. The molecule has 0 heterocycles. The van der Waals surface area contributed by atoms with Gasteiger partial charge in [-0.05, 0) is 13.8 Å². The maximum absolute atomic E-state index is 12.7. The second-order valence-electron chi connectivity index (χ2n) is 3.24. The summed E-state index contributed by atoms with van der Waals surface area (Å²) in [6.45, 7) is 1.85. The van der Waals surface area contributed by atoms with Gasteiger partial charge in [0.15, 0.2) is 0 Å². The van der Waals surface area contributed by atoms with Gasteiger partial charge in [-0.15, -0.1) is 0 Å². The number of nitrogens with zero attached hydrogens (tertiary/aromatic N) is 1. The number of aliphatic hydroxyl groups excluding tert-OH is 1. The van der Waals surface area contributed by atoms with Gasteiger partial charge in [-0.3, -0.25) is 4.79 Å². The lowest BCUT2D eigenvalue weighted by Gasteiger charge is -2.29. The molecule has 0 spiro atoms. The summed E-state index contributed by atoms with van der Waals surface area (Å²) in [7, 11) is 0. The van der Waals surface area contributed by atoms with E-state index in [0.717, 1.165) is 0 Å². The van der Waals surface area contributed by atoms with Crippen molar-refractivity contribution in [1.29, 1.82) is 0 Å². The Bertz CT molecular complexity index is 221. The van der Waals surface area contributed by atoms with Crippen molar-refractivity contribution in [2.24, 2.45) is 0 Å². The highest BCUT2D eigenvalue weighted by molar-refractivity contribution is 5.84. The van der Waals surface area contributed by atoms with E-state index in [-0.39, 0.29) is 0 Å². The molecule has 0 rings (SSSR count). The van der Waals surface area contributed by atoms with E-state index in [1.54, 1.807) is 0 Å². The van der Waals surface area contributed by atoms with Crippen LogP contribution in [0.2, 0.25) is 0 Å². The Balaban J connectivity index is 4.77. The van der Waals surface area contributed by atoms with Gasteiger partial charge < -0.3 is 10.0 Å². The van der Waals surface area contributed by atoms with E-state index < -0.39 is 37.4 Å². The van der Waals surface area contributed by atoms with Crippen molar-refractivity contribution in [3.8, 4) is 0 Å². The zero-order chi connectivity index (χ0) is 12.2. The molecule has 0 aliphatic heterocycles. The minimum absolute atomic E-state index is 0.390. The van der Waals surface area contributed by atoms with Crippen LogP contribution in [0.5, 0.6) is 0 Å². The molecule has 0 aromatic carbocycles. The first-order chi connectivity index (χ1) is 6.75. The second kappa shape index (κ2) is 5.29. The number of aliphatic hydroxyl groups is 1. The fourth-order valence-corrected chi connectivity index (χ4v) is 0.987. The third-order valence-electron chi connectivity index (χ3n) is 1.78. The Hall–Kier alpha value is -0.850. The van der Waals surface area contributed by atoms with Crippen LogP contribution >= 0.6 is 0 Å². The van der Waals surface area contributed by atoms with Crippen molar-refractivity contribution < 1.29 is 27.5 Å². The first-order valence-electron chi connectivity index (χ1n) is 4.33. The summed E-state index contributed by atoms with van der Waals surface area (Å²) in [6.07, 6.45) is -4.04. The minimum Gasteiger partial charge on any atom is -0.395 e. The summed E-state index contributed by atoms with van der Waals surface area (Å²) in [5.41, 5.74) is 0. The topological polar surface area (TPSA) is 40.5 Å². The van der Waals surface area contributed by atoms with Gasteiger partial charge in [-0.2, -0.15) is 8.78 Å². The third kappa shape index (κ3) is 3.33. The molecule has 0 saturated carbocycles. The maximum atomic E-state index is 12.7. The number of rotatable bonds is 5. The summed E-state index contributed by atoms with van der Waals surface area (Å²) in [5, 5.41) is 8.51. The molecule has 1 amide bonds. The molecule has 0 aromatic rings. The predicted molar refractivity (Wildman–Crippen MR) is 44.9 cm³/mol. The largest absolute Gasteiger partial charge is 0.395 e. The van der Waals surface area contributed by atoms with Gasteiger partial charge in [0.1, 0.15) is 0 Å². The minimum atomic E-state index is -4.69. The van der Waals surface area contributed by atoms with Crippen LogP contribution in [0.15, 0.2) is 0 Å². The number of alkyl halides is 4. The van der Waals surface area contributed by atoms with Gasteiger partial charge >= 0.3 is 12.3 Å². The molecular formula is C8H13F4NO2. The zero-order valence-corrected chi connectivity index (χ0v) is 8.38. The molecular weight excluding hydrogens is 218 g/mol. The molecule has 0 aliphatic rings. The Labute approximate surface area is 84.7 Å². The molecule has 0 aliphatic carbocycles. The van der Waals surface area contributed by atoms with Crippen molar-refractivity contribution >= 4 is 5.91 Å². The van der Waals surface area contributed by atoms with Crippen LogP contribution in [0.1, 0.15) is 13.8 Å². The Morgan fingerprint density at radius 2 is 1.87 bits per heavy atom. The zero-order valence-electron chi connectivity index (χ0n) is 8.38. The van der Waals surface area contributed by atoms with E-state index in [1.807, 2.05) is 0 Å². The fraction of sp³-hybridized carbons (Fsp3) is 0.875. The Morgan fingerprint density at radius 3 is 2.13 bits per heavy atom. The van der Waals surface area contributed by atoms with E-state index in [2.05, 4.69) is 0 Å². The van der Waals surface area contributed by atoms with Crippen LogP contribution in [0.3, 0.4) is 0 Å². The molecule has 7 heteroatoms. The number of halogens is 4. The molecule has 0 unspecified atom stereocenters. The van der Waals surface area contributed by atoms with Crippen LogP contribution in [0, 0.1) is 0 Å². The molecule has 15 heavy (non-hydrogen) atoms. The van der Waals surface area contributed by atoms with Crippen LogP contribution in [-0.4, -0.2) is 47.5 Å². The molecule has 0 saturated heterocycles. The molecule has 0 bridgehead atoms. The van der Waals surface area contributed by atoms with Crippen LogP contribution < -0.4 is 0 Å². The van der Waals surface area contributed by atoms with E-state index in [0.29, 0.717) is 4.90 Å². The summed E-state index contributed by atoms with van der Waals surface area (Å²) in [6, 6.07) is -0.672. The molecule has 3 nitrogen and oxygen atoms in total. The average Bonchev–Trinajstić information content (AvgIpc) is 2.12. The van der Waals surface area contributed by atoms with Gasteiger partial charge in [-0.1, -0.05) is 0 Å². The number of amides is 1. The SMILES string of the molecule is CC(C)N(CCO)C(=O)C(F)(F)C(F)F. The summed E-state index contributed by atoms with van der Waals surface area (Å²) < 4.78 is 49.0. The molecule has 0 fully saturated rings. The van der Waals surface area contributed by atoms with Gasteiger partial charge in [-0.25, -0.2) is 8.78 Å². The fourth-order valence-electron chi connectivity index (χ4n) is 0.987. The van der Waals surface area contributed by atoms with Gasteiger partial charge in [0.25, 0.3) is 5.91 Å². The quantitative estimate of drug-likeness (QED) is 0.720. The third-order valence-corrected chi connectivity index (χ3v) is 1.78. The average molecular weight is 231 g/mol. The lowest BCUT2D eigenvalue weighted by molar-refractivity contribution is -0.182. The summed E-state index contributed by atoms with van der Waals surface area (Å²) in [5.74, 6) is -6.65. The highest BCUT2D eigenvalue weighted by atomic mass is 19.3. The normalized spacial score (nSPS) is 12.3. The van der Waals surface area contributed by atoms with Gasteiger partial charge in [0.05, 0.1) is 6.61 Å². The van der Waals surface area contributed by atoms with Gasteiger partial charge in [0, 0.05) is 12.6 Å². The lowest BCUT2D eigenvalue weighted by atomic mass is 10.2. The van der Waals surface area contributed by atoms with Crippen molar-refractivity contribution in [3.63, 3.8) is 0 Å². The molecule has 0 aromatic heterocycles. The molecule has 1 N–H and O–H groups in total. The van der Waals surface area contributed by atoms with Crippen molar-refractivity contribution in [2.75, 3.05) is 13.2 Å². The Kier molecular flexibility index (Phi) is 4.99. The van der Waals surface area contributed by atoms with Crippen molar-refractivity contribution in [3.05, 3.63) is 0 Å². The number of carbonyl (C=O) groups excluding carboxylic acids is 1. The molecule has 90 valence electrons. The highest BCUT2D eigenvalue weighted by Gasteiger charge is 2.51. The molecule has 0 radical (unpaired) electrons. The highest BCUT2D eigenvalue weighted by Crippen LogP contribution is 2.26. The standard InChI is InChI=1S/C8H13F4NO2/c1-5(2)13(3-4-14)7(15)8(11,12)6(9)10/h5-6,14H,3-4H2,1-2H3. The van der Waals surface area contributed by atoms with E-state index >= 15 is 0 Å². The van der Waals surface area contributed by atoms with Crippen molar-refractivity contribution in [2.45, 2.75) is 32.2 Å².